The second-order valence-corrected chi connectivity index (χ2v) is 9.97. The van der Waals surface area contributed by atoms with E-state index in [0.29, 0.717) is 24.9 Å². The molecule has 1 aromatic carbocycles. The van der Waals surface area contributed by atoms with Gasteiger partial charge in [-0.3, -0.25) is 9.10 Å². The van der Waals surface area contributed by atoms with Gasteiger partial charge < -0.3 is 11.1 Å². The fourth-order valence-corrected chi connectivity index (χ4v) is 6.39. The average molecular weight is 433 g/mol. The molecule has 1 aromatic heterocycles. The first-order chi connectivity index (χ1) is 14.1. The number of nitrogens with zero attached hydrogens (tertiary/aromatic N) is 3. The van der Waals surface area contributed by atoms with E-state index in [1.807, 2.05) is 0 Å². The normalized spacial score (nSPS) is 28.0. The first kappa shape index (κ1) is 20.3. The summed E-state index contributed by atoms with van der Waals surface area (Å²) < 4.78 is 42.7. The van der Waals surface area contributed by atoms with Crippen LogP contribution in [0.2, 0.25) is 0 Å². The molecule has 0 saturated heterocycles. The molecule has 30 heavy (non-hydrogen) atoms. The smallest absolute Gasteiger partial charge is 0.274 e. The van der Waals surface area contributed by atoms with Gasteiger partial charge >= 0.3 is 0 Å². The van der Waals surface area contributed by atoms with Crippen molar-refractivity contribution in [1.29, 1.82) is 0 Å². The van der Waals surface area contributed by atoms with Crippen LogP contribution in [0.25, 0.3) is 0 Å². The zero-order chi connectivity index (χ0) is 21.7. The Morgan fingerprint density at radius 1 is 1.37 bits per heavy atom. The minimum Gasteiger partial charge on any atom is -0.369 e. The maximum Gasteiger partial charge on any atom is 0.274 e. The van der Waals surface area contributed by atoms with Gasteiger partial charge in [0.05, 0.1) is 21.2 Å². The Labute approximate surface area is 173 Å². The minimum atomic E-state index is -2.82. The second kappa shape index (κ2) is 7.05. The predicted molar refractivity (Wildman–Crippen MR) is 113 cm³/mol. The van der Waals surface area contributed by atoms with Crippen LogP contribution in [0.15, 0.2) is 41.5 Å². The Bertz CT molecular complexity index is 1150. The van der Waals surface area contributed by atoms with E-state index in [4.69, 9.17) is 5.73 Å². The Hall–Kier alpha value is -3.01. The quantitative estimate of drug-likeness (QED) is 0.725. The van der Waals surface area contributed by atoms with Crippen molar-refractivity contribution in [2.75, 3.05) is 12.4 Å². The van der Waals surface area contributed by atoms with Crippen LogP contribution in [0.4, 0.5) is 14.5 Å². The molecular formula is C20H21F2N5O2S. The fraction of sp³-hybridized carbons (Fsp3) is 0.300. The Morgan fingerprint density at radius 2 is 2.13 bits per heavy atom. The lowest BCUT2D eigenvalue weighted by molar-refractivity contribution is 0.102. The van der Waals surface area contributed by atoms with Crippen LogP contribution in [0.3, 0.4) is 0 Å². The molecule has 0 bridgehead atoms. The van der Waals surface area contributed by atoms with Crippen LogP contribution in [-0.2, 0) is 15.2 Å². The van der Waals surface area contributed by atoms with Crippen LogP contribution in [-0.4, -0.2) is 43.5 Å². The van der Waals surface area contributed by atoms with Crippen LogP contribution in [0, 0.1) is 11.6 Å². The number of nitrogens with one attached hydrogen (secondary N) is 1. The van der Waals surface area contributed by atoms with Gasteiger partial charge in [0.25, 0.3) is 5.91 Å². The molecule has 1 saturated carbocycles. The monoisotopic (exact) mass is 433 g/mol. The molecule has 2 unspecified atom stereocenters. The lowest BCUT2D eigenvalue weighted by atomic mass is 9.87. The minimum absolute atomic E-state index is 0.0153. The first-order valence-electron chi connectivity index (χ1n) is 9.33. The number of guanidine groups is 1. The van der Waals surface area contributed by atoms with E-state index in [0.717, 1.165) is 12.3 Å². The topological polar surface area (TPSA) is 101 Å². The summed E-state index contributed by atoms with van der Waals surface area (Å²) in [5.41, 5.74) is 5.44. The Morgan fingerprint density at radius 3 is 2.83 bits per heavy atom. The molecule has 1 aliphatic heterocycles. The number of nitrogens with two attached hydrogens (primary N) is 1. The summed E-state index contributed by atoms with van der Waals surface area (Å²) in [7, 11) is -1.25. The number of aromatic nitrogens is 1. The molecule has 4 rings (SSSR count). The van der Waals surface area contributed by atoms with Crippen LogP contribution >= 0.6 is 0 Å². The van der Waals surface area contributed by atoms with Gasteiger partial charge in [0.2, 0.25) is 5.96 Å². The molecular weight excluding hydrogens is 412 g/mol. The van der Waals surface area contributed by atoms with Crippen molar-refractivity contribution in [2.24, 2.45) is 10.7 Å². The van der Waals surface area contributed by atoms with E-state index in [2.05, 4.69) is 21.2 Å². The van der Waals surface area contributed by atoms with Crippen molar-refractivity contribution in [1.82, 2.24) is 9.29 Å². The average Bonchev–Trinajstić information content (AvgIpc) is 3.14. The summed E-state index contributed by atoms with van der Waals surface area (Å²) in [4.78, 5) is 20.7. The summed E-state index contributed by atoms with van der Waals surface area (Å²) in [5.74, 6) is 2.26. The predicted octanol–water partition coefficient (Wildman–Crippen LogP) is 2.25. The molecule has 2 aliphatic rings. The summed E-state index contributed by atoms with van der Waals surface area (Å²) in [5, 5.41) is 2.12. The molecule has 1 aliphatic carbocycles. The van der Waals surface area contributed by atoms with Crippen molar-refractivity contribution < 1.29 is 17.8 Å². The van der Waals surface area contributed by atoms with Crippen LogP contribution in [0.5, 0.6) is 0 Å². The molecule has 10 heteroatoms. The highest BCUT2D eigenvalue weighted by molar-refractivity contribution is 7.99. The molecule has 0 spiro atoms. The van der Waals surface area contributed by atoms with Crippen molar-refractivity contribution in [3.05, 3.63) is 59.4 Å². The zero-order valence-corrected chi connectivity index (χ0v) is 17.1. The number of hydrogen-bond acceptors (Lipinski definition) is 5. The summed E-state index contributed by atoms with van der Waals surface area (Å²) >= 11 is 0. The van der Waals surface area contributed by atoms with Crippen LogP contribution < -0.4 is 11.1 Å². The van der Waals surface area contributed by atoms with Gasteiger partial charge in [-0.05, 0) is 55.5 Å². The number of rotatable bonds is 3. The molecule has 158 valence electrons. The highest BCUT2D eigenvalue weighted by Gasteiger charge is 2.54. The van der Waals surface area contributed by atoms with Crippen molar-refractivity contribution in [2.45, 2.75) is 30.1 Å². The number of amides is 1. The Kier molecular flexibility index (Phi) is 4.76. The number of fused-ring (bicyclic) bond motifs is 1. The highest BCUT2D eigenvalue weighted by Crippen LogP contribution is 2.49. The van der Waals surface area contributed by atoms with E-state index >= 15 is 0 Å². The van der Waals surface area contributed by atoms with Gasteiger partial charge in [0.15, 0.2) is 0 Å². The third-order valence-electron chi connectivity index (χ3n) is 5.75. The molecule has 3 N–H and O–H groups in total. The molecule has 2 heterocycles. The number of carbonyl (C=O) groups excluding carboxylic acids is 1. The van der Waals surface area contributed by atoms with Gasteiger partial charge in [-0.25, -0.2) is 23.0 Å². The third-order valence-corrected chi connectivity index (χ3v) is 8.38. The molecule has 1 fully saturated rings. The molecule has 7 nitrogen and oxygen atoms in total. The fourth-order valence-electron chi connectivity index (χ4n) is 4.21. The van der Waals surface area contributed by atoms with Gasteiger partial charge in [-0.1, -0.05) is 0 Å². The number of pyridine rings is 1. The van der Waals surface area contributed by atoms with Crippen molar-refractivity contribution in [3.63, 3.8) is 0 Å². The van der Waals surface area contributed by atoms with E-state index in [-0.39, 0.29) is 17.2 Å². The van der Waals surface area contributed by atoms with Gasteiger partial charge in [-0.2, -0.15) is 0 Å². The third kappa shape index (κ3) is 3.11. The summed E-state index contributed by atoms with van der Waals surface area (Å²) in [6.45, 7) is 0. The molecule has 2 aromatic rings. The lowest BCUT2D eigenvalue weighted by Crippen LogP contribution is -2.55. The zero-order valence-electron chi connectivity index (χ0n) is 16.3. The van der Waals surface area contributed by atoms with E-state index in [9.17, 15) is 17.8 Å². The van der Waals surface area contributed by atoms with E-state index < -0.39 is 38.0 Å². The highest BCUT2D eigenvalue weighted by atomic mass is 32.2. The summed E-state index contributed by atoms with van der Waals surface area (Å²) in [6.07, 6.45) is 2.66. The maximum atomic E-state index is 15.0. The number of carbonyl (C=O) groups is 1. The van der Waals surface area contributed by atoms with Gasteiger partial charge in [-0.15, -0.1) is 0 Å². The van der Waals surface area contributed by atoms with Gasteiger partial charge in [0.1, 0.15) is 22.9 Å². The largest absolute Gasteiger partial charge is 0.369 e. The van der Waals surface area contributed by atoms with Gasteiger partial charge in [0, 0.05) is 18.3 Å². The molecule has 3 atom stereocenters. The van der Waals surface area contributed by atoms with E-state index in [1.54, 1.807) is 7.05 Å². The number of aliphatic imine (C=N–C) groups is 1. The van der Waals surface area contributed by atoms with E-state index in [1.165, 1.54) is 28.6 Å². The molecule has 0 radical (unpaired) electrons. The second-order valence-electron chi connectivity index (χ2n) is 7.47. The Balaban J connectivity index is 1.75. The molecule has 1 amide bonds. The standard InChI is InChI=1S/C20H21F2N5O2S/c1-27-19(23)26-20(9-3-4-17(20)30(27,2)29)14-10-13(6-7-15(14)22)25-18(28)16-8-5-12(21)11-24-16/h5-8,10-11,17H,2-4,9H2,1H3,(H2,23,26)(H,25,28)/t17?,20-,30?/m1/s1. The maximum absolute atomic E-state index is 15.0. The number of hydrogen-bond donors (Lipinski definition) is 2. The number of anilines is 1. The first-order valence-corrected chi connectivity index (χ1v) is 11.1. The number of benzene rings is 1. The number of halogens is 2. The van der Waals surface area contributed by atoms with Crippen molar-refractivity contribution in [3.8, 4) is 0 Å². The van der Waals surface area contributed by atoms with Crippen molar-refractivity contribution >= 4 is 33.1 Å². The SMILES string of the molecule is C=S1(=O)C2CCC[C@]2(c2cc(NC(=O)c3ccc(F)cn3)ccc2F)N=C(N)N1C. The lowest BCUT2D eigenvalue weighted by Gasteiger charge is -2.42. The van der Waals surface area contributed by atoms with Crippen LogP contribution in [0.1, 0.15) is 35.3 Å². The summed E-state index contributed by atoms with van der Waals surface area (Å²) in [6, 6.07) is 6.49.